The van der Waals surface area contributed by atoms with E-state index >= 15 is 0 Å². The van der Waals surface area contributed by atoms with Crippen LogP contribution in [0, 0.1) is 11.8 Å². The summed E-state index contributed by atoms with van der Waals surface area (Å²) >= 11 is 0. The molecule has 69 valence electrons. The zero-order valence-corrected chi connectivity index (χ0v) is 7.95. The van der Waals surface area contributed by atoms with Crippen LogP contribution in [0.4, 0.5) is 0 Å². The van der Waals surface area contributed by atoms with Gasteiger partial charge in [-0.25, -0.2) is 0 Å². The molecule has 0 heterocycles. The van der Waals surface area contributed by atoms with Crippen molar-refractivity contribution in [3.05, 3.63) is 41.8 Å². The minimum absolute atomic E-state index is 0.167. The van der Waals surface area contributed by atoms with Gasteiger partial charge in [-0.15, -0.1) is 0 Å². The number of carbonyl (C=O) groups is 1. The molecule has 2 heteroatoms. The Hall–Kier alpha value is -1.31. The van der Waals surface area contributed by atoms with Crippen molar-refractivity contribution in [2.45, 2.75) is 13.8 Å². The van der Waals surface area contributed by atoms with E-state index in [1.54, 1.807) is 0 Å². The van der Waals surface area contributed by atoms with Gasteiger partial charge in [-0.3, -0.25) is 4.79 Å². The van der Waals surface area contributed by atoms with Crippen LogP contribution in [0.2, 0.25) is 0 Å². The van der Waals surface area contributed by atoms with Crippen molar-refractivity contribution >= 4 is 5.91 Å². The summed E-state index contributed by atoms with van der Waals surface area (Å²) < 4.78 is 0. The van der Waals surface area contributed by atoms with Crippen molar-refractivity contribution in [2.75, 3.05) is 0 Å². The molecule has 0 fully saturated rings. The highest BCUT2D eigenvalue weighted by Crippen LogP contribution is 2.22. The Morgan fingerprint density at radius 2 is 1.77 bits per heavy atom. The van der Waals surface area contributed by atoms with E-state index < -0.39 is 0 Å². The molecule has 1 radical (unpaired) electrons. The molecule has 0 aliphatic heterocycles. The van der Waals surface area contributed by atoms with Crippen LogP contribution in [-0.2, 0) is 4.79 Å². The van der Waals surface area contributed by atoms with E-state index in [9.17, 15) is 4.79 Å². The summed E-state index contributed by atoms with van der Waals surface area (Å²) in [4.78, 5) is 11.1. The third kappa shape index (κ3) is 2.31. The third-order valence-corrected chi connectivity index (χ3v) is 1.93. The van der Waals surface area contributed by atoms with Crippen molar-refractivity contribution in [3.63, 3.8) is 0 Å². The molecular weight excluding hydrogens is 162 g/mol. The number of benzene rings is 1. The average Bonchev–Trinajstić information content (AvgIpc) is 2.04. The fourth-order valence-corrected chi connectivity index (χ4v) is 1.38. The quantitative estimate of drug-likeness (QED) is 0.749. The van der Waals surface area contributed by atoms with Gasteiger partial charge in [0.25, 0.3) is 0 Å². The number of carbonyl (C=O) groups excluding carboxylic acids is 1. The molecule has 1 aromatic carbocycles. The van der Waals surface area contributed by atoms with Gasteiger partial charge in [0, 0.05) is 0 Å². The number of hydrogen-bond donors (Lipinski definition) is 1. The van der Waals surface area contributed by atoms with Crippen LogP contribution >= 0.6 is 0 Å². The predicted octanol–water partition coefficient (Wildman–Crippen LogP) is 1.75. The van der Waals surface area contributed by atoms with Gasteiger partial charge in [0.2, 0.25) is 5.91 Å². The summed E-state index contributed by atoms with van der Waals surface area (Å²) in [7, 11) is 0. The number of primary amides is 1. The highest BCUT2D eigenvalue weighted by atomic mass is 16.1. The second-order valence-electron chi connectivity index (χ2n) is 3.30. The smallest absolute Gasteiger partial charge is 0.229 e. The van der Waals surface area contributed by atoms with Crippen LogP contribution in [0.1, 0.15) is 19.4 Å². The van der Waals surface area contributed by atoms with Crippen molar-refractivity contribution in [2.24, 2.45) is 11.7 Å². The van der Waals surface area contributed by atoms with E-state index in [-0.39, 0.29) is 11.8 Å². The molecule has 2 N–H and O–H groups in total. The molecule has 0 saturated heterocycles. The van der Waals surface area contributed by atoms with Gasteiger partial charge < -0.3 is 5.73 Å². The van der Waals surface area contributed by atoms with Crippen molar-refractivity contribution in [1.29, 1.82) is 0 Å². The van der Waals surface area contributed by atoms with E-state index in [4.69, 9.17) is 5.73 Å². The molecule has 0 atom stereocenters. The summed E-state index contributed by atoms with van der Waals surface area (Å²) in [6, 6.07) is 9.53. The van der Waals surface area contributed by atoms with Crippen LogP contribution in [0.15, 0.2) is 30.3 Å². The summed E-state index contributed by atoms with van der Waals surface area (Å²) in [5.74, 6) is 0.529. The fraction of sp³-hybridized carbons (Fsp3) is 0.273. The Balaban J connectivity index is 2.96. The molecule has 2 nitrogen and oxygen atoms in total. The summed E-state index contributed by atoms with van der Waals surface area (Å²) in [6.45, 7) is 3.93. The maximum atomic E-state index is 11.1. The molecule has 13 heavy (non-hydrogen) atoms. The SMILES string of the molecule is CC(C)[C](C(N)=O)c1ccccc1. The molecule has 0 unspecified atom stereocenters. The molecule has 0 saturated carbocycles. The number of hydrogen-bond acceptors (Lipinski definition) is 1. The minimum Gasteiger partial charge on any atom is -0.369 e. The molecule has 0 aliphatic rings. The van der Waals surface area contributed by atoms with E-state index in [1.807, 2.05) is 44.2 Å². The van der Waals surface area contributed by atoms with Crippen LogP contribution in [0.3, 0.4) is 0 Å². The first-order valence-corrected chi connectivity index (χ1v) is 4.35. The lowest BCUT2D eigenvalue weighted by atomic mass is 9.88. The molecule has 0 bridgehead atoms. The Morgan fingerprint density at radius 3 is 2.15 bits per heavy atom. The first-order chi connectivity index (χ1) is 6.13. The average molecular weight is 176 g/mol. The standard InChI is InChI=1S/C11H14NO/c1-8(2)10(11(12)13)9-6-4-3-5-7-9/h3-8H,1-2H3,(H2,12,13). The van der Waals surface area contributed by atoms with Gasteiger partial charge in [-0.05, 0) is 11.5 Å². The minimum atomic E-state index is -0.332. The van der Waals surface area contributed by atoms with Gasteiger partial charge in [0.05, 0.1) is 5.92 Å². The van der Waals surface area contributed by atoms with Crippen LogP contribution in [-0.4, -0.2) is 5.91 Å². The highest BCUT2D eigenvalue weighted by Gasteiger charge is 2.21. The molecule has 1 rings (SSSR count). The Bertz CT molecular complexity index is 279. The van der Waals surface area contributed by atoms with E-state index in [1.165, 1.54) is 0 Å². The number of amides is 1. The Morgan fingerprint density at radius 1 is 1.23 bits per heavy atom. The normalized spacial score (nSPS) is 10.8. The van der Waals surface area contributed by atoms with Gasteiger partial charge >= 0.3 is 0 Å². The van der Waals surface area contributed by atoms with Crippen LogP contribution < -0.4 is 5.73 Å². The highest BCUT2D eigenvalue weighted by molar-refractivity contribution is 5.93. The monoisotopic (exact) mass is 176 g/mol. The molecule has 1 aromatic rings. The molecule has 0 spiro atoms. The maximum Gasteiger partial charge on any atom is 0.229 e. The number of rotatable bonds is 3. The summed E-state index contributed by atoms with van der Waals surface area (Å²) in [5.41, 5.74) is 6.21. The van der Waals surface area contributed by atoms with Gasteiger partial charge in [0.15, 0.2) is 0 Å². The third-order valence-electron chi connectivity index (χ3n) is 1.93. The fourth-order valence-electron chi connectivity index (χ4n) is 1.38. The summed E-state index contributed by atoms with van der Waals surface area (Å²) in [6.07, 6.45) is 0. The van der Waals surface area contributed by atoms with Crippen LogP contribution in [0.5, 0.6) is 0 Å². The van der Waals surface area contributed by atoms with Gasteiger partial charge in [-0.2, -0.15) is 0 Å². The lowest BCUT2D eigenvalue weighted by molar-refractivity contribution is -0.116. The van der Waals surface area contributed by atoms with Crippen molar-refractivity contribution in [1.82, 2.24) is 0 Å². The second-order valence-corrected chi connectivity index (χ2v) is 3.30. The number of nitrogens with two attached hydrogens (primary N) is 1. The van der Waals surface area contributed by atoms with E-state index in [0.717, 1.165) is 5.56 Å². The molecule has 0 aromatic heterocycles. The molecule has 0 aliphatic carbocycles. The maximum absolute atomic E-state index is 11.1. The van der Waals surface area contributed by atoms with E-state index in [2.05, 4.69) is 0 Å². The van der Waals surface area contributed by atoms with Crippen LogP contribution in [0.25, 0.3) is 0 Å². The van der Waals surface area contributed by atoms with E-state index in [0.29, 0.717) is 5.92 Å². The second kappa shape index (κ2) is 4.08. The molecule has 1 amide bonds. The zero-order chi connectivity index (χ0) is 9.84. The zero-order valence-electron chi connectivity index (χ0n) is 7.95. The first kappa shape index (κ1) is 9.78. The first-order valence-electron chi connectivity index (χ1n) is 4.35. The lowest BCUT2D eigenvalue weighted by Crippen LogP contribution is -2.26. The Kier molecular flexibility index (Phi) is 3.07. The topological polar surface area (TPSA) is 43.1 Å². The lowest BCUT2D eigenvalue weighted by Gasteiger charge is -2.16. The van der Waals surface area contributed by atoms with Gasteiger partial charge in [-0.1, -0.05) is 44.2 Å². The molecular formula is C11H14NO. The summed E-state index contributed by atoms with van der Waals surface area (Å²) in [5, 5.41) is 0. The van der Waals surface area contributed by atoms with Crippen molar-refractivity contribution in [3.8, 4) is 0 Å². The largest absolute Gasteiger partial charge is 0.369 e. The predicted molar refractivity (Wildman–Crippen MR) is 52.8 cm³/mol. The van der Waals surface area contributed by atoms with Gasteiger partial charge in [0.1, 0.15) is 0 Å². The van der Waals surface area contributed by atoms with Crippen molar-refractivity contribution < 1.29 is 4.79 Å². The Labute approximate surface area is 78.8 Å².